The normalized spacial score (nSPS) is 10.6. The first-order chi connectivity index (χ1) is 8.70. The number of aromatic nitrogens is 2. The Morgan fingerprint density at radius 2 is 2.17 bits per heavy atom. The molecule has 0 atom stereocenters. The molecule has 1 heterocycles. The molecule has 0 saturated heterocycles. The van der Waals surface area contributed by atoms with Gasteiger partial charge in [-0.15, -0.1) is 0 Å². The average molecular weight is 286 g/mol. The minimum absolute atomic E-state index is 0.592. The van der Waals surface area contributed by atoms with Gasteiger partial charge in [0, 0.05) is 30.3 Å². The topological polar surface area (TPSA) is 49.9 Å². The zero-order valence-electron chi connectivity index (χ0n) is 9.84. The van der Waals surface area contributed by atoms with Crippen molar-refractivity contribution < 1.29 is 4.74 Å². The van der Waals surface area contributed by atoms with E-state index >= 15 is 0 Å². The summed E-state index contributed by atoms with van der Waals surface area (Å²) in [5.74, 6) is 0.757. The highest BCUT2D eigenvalue weighted by molar-refractivity contribution is 6.36. The molecule has 2 N–H and O–H groups in total. The van der Waals surface area contributed by atoms with Crippen molar-refractivity contribution in [2.45, 2.75) is 0 Å². The van der Waals surface area contributed by atoms with Crippen molar-refractivity contribution in [3.05, 3.63) is 34.3 Å². The summed E-state index contributed by atoms with van der Waals surface area (Å²) in [7, 11) is 1.66. The SMILES string of the molecule is COCCNc1cc(-c2ccc(Cl)cc2Cl)[nH]n1. The predicted octanol–water partition coefficient (Wildman–Crippen LogP) is 3.44. The van der Waals surface area contributed by atoms with Crippen molar-refractivity contribution in [2.75, 3.05) is 25.6 Å². The third-order valence-electron chi connectivity index (χ3n) is 2.41. The van der Waals surface area contributed by atoms with Crippen molar-refractivity contribution in [1.82, 2.24) is 10.2 Å². The summed E-state index contributed by atoms with van der Waals surface area (Å²) in [6.45, 7) is 1.33. The molecule has 0 radical (unpaired) electrons. The number of ether oxygens (including phenoxy) is 1. The molecule has 96 valence electrons. The van der Waals surface area contributed by atoms with Crippen LogP contribution in [0.15, 0.2) is 24.3 Å². The van der Waals surface area contributed by atoms with Gasteiger partial charge in [-0.2, -0.15) is 5.10 Å². The number of aromatic amines is 1. The molecule has 0 unspecified atom stereocenters. The van der Waals surface area contributed by atoms with Crippen LogP contribution in [-0.2, 0) is 4.74 Å². The van der Waals surface area contributed by atoms with Crippen LogP contribution in [0.2, 0.25) is 10.0 Å². The molecule has 0 aliphatic rings. The second-order valence-corrected chi connectivity index (χ2v) is 4.55. The predicted molar refractivity (Wildman–Crippen MR) is 74.4 cm³/mol. The number of nitrogens with zero attached hydrogens (tertiary/aromatic N) is 1. The molecule has 2 rings (SSSR count). The smallest absolute Gasteiger partial charge is 0.148 e. The molecule has 1 aromatic carbocycles. The number of methoxy groups -OCH3 is 1. The molecule has 18 heavy (non-hydrogen) atoms. The second kappa shape index (κ2) is 6.09. The summed E-state index contributed by atoms with van der Waals surface area (Å²) < 4.78 is 4.95. The van der Waals surface area contributed by atoms with Crippen LogP contribution < -0.4 is 5.32 Å². The Balaban J connectivity index is 2.13. The Bertz CT molecular complexity index is 528. The highest BCUT2D eigenvalue weighted by Gasteiger charge is 2.07. The van der Waals surface area contributed by atoms with E-state index in [4.69, 9.17) is 27.9 Å². The van der Waals surface area contributed by atoms with Gasteiger partial charge in [0.25, 0.3) is 0 Å². The van der Waals surface area contributed by atoms with Crippen LogP contribution in [0.25, 0.3) is 11.3 Å². The second-order valence-electron chi connectivity index (χ2n) is 3.71. The van der Waals surface area contributed by atoms with Crippen LogP contribution in [0.4, 0.5) is 5.82 Å². The standard InChI is InChI=1S/C12H13Cl2N3O/c1-18-5-4-15-12-7-11(16-17-12)9-3-2-8(13)6-10(9)14/h2-3,6-7H,4-5H2,1H3,(H2,15,16,17). The van der Waals surface area contributed by atoms with Gasteiger partial charge in [-0.1, -0.05) is 23.2 Å². The highest BCUT2D eigenvalue weighted by atomic mass is 35.5. The third-order valence-corrected chi connectivity index (χ3v) is 2.96. The molecule has 0 spiro atoms. The molecular formula is C12H13Cl2N3O. The maximum Gasteiger partial charge on any atom is 0.148 e. The van der Waals surface area contributed by atoms with Gasteiger partial charge in [0.05, 0.1) is 17.3 Å². The number of nitrogens with one attached hydrogen (secondary N) is 2. The molecule has 6 heteroatoms. The Morgan fingerprint density at radius 3 is 2.89 bits per heavy atom. The highest BCUT2D eigenvalue weighted by Crippen LogP contribution is 2.29. The maximum atomic E-state index is 6.13. The van der Waals surface area contributed by atoms with E-state index in [0.29, 0.717) is 23.2 Å². The minimum Gasteiger partial charge on any atom is -0.383 e. The van der Waals surface area contributed by atoms with E-state index in [1.54, 1.807) is 19.2 Å². The Hall–Kier alpha value is -1.23. The lowest BCUT2D eigenvalue weighted by Crippen LogP contribution is -2.07. The summed E-state index contributed by atoms with van der Waals surface area (Å²) in [6.07, 6.45) is 0. The number of halogens is 2. The van der Waals surface area contributed by atoms with Crippen molar-refractivity contribution in [3.8, 4) is 11.3 Å². The third kappa shape index (κ3) is 3.16. The molecule has 0 bridgehead atoms. The fraction of sp³-hybridized carbons (Fsp3) is 0.250. The van der Waals surface area contributed by atoms with Gasteiger partial charge in [0.2, 0.25) is 0 Å². The Kier molecular flexibility index (Phi) is 4.47. The van der Waals surface area contributed by atoms with Gasteiger partial charge < -0.3 is 10.1 Å². The number of hydrogen-bond acceptors (Lipinski definition) is 3. The number of benzene rings is 1. The number of hydrogen-bond donors (Lipinski definition) is 2. The van der Waals surface area contributed by atoms with E-state index in [1.807, 2.05) is 12.1 Å². The Labute approximate surface area is 115 Å². The first-order valence-electron chi connectivity index (χ1n) is 5.44. The van der Waals surface area contributed by atoms with Crippen LogP contribution in [0.3, 0.4) is 0 Å². The van der Waals surface area contributed by atoms with Gasteiger partial charge in [-0.25, -0.2) is 0 Å². The number of rotatable bonds is 5. The van der Waals surface area contributed by atoms with Crippen LogP contribution in [0, 0.1) is 0 Å². The van der Waals surface area contributed by atoms with Gasteiger partial charge in [0.15, 0.2) is 0 Å². The van der Waals surface area contributed by atoms with E-state index in [0.717, 1.165) is 17.1 Å². The van der Waals surface area contributed by atoms with Crippen LogP contribution in [0.5, 0.6) is 0 Å². The molecule has 0 aliphatic carbocycles. The van der Waals surface area contributed by atoms with E-state index in [1.165, 1.54) is 0 Å². The largest absolute Gasteiger partial charge is 0.383 e. The van der Waals surface area contributed by atoms with Crippen LogP contribution in [-0.4, -0.2) is 30.5 Å². The lowest BCUT2D eigenvalue weighted by Gasteiger charge is -2.01. The van der Waals surface area contributed by atoms with E-state index < -0.39 is 0 Å². The number of anilines is 1. The van der Waals surface area contributed by atoms with Gasteiger partial charge in [-0.3, -0.25) is 5.10 Å². The quantitative estimate of drug-likeness (QED) is 0.828. The average Bonchev–Trinajstić information content (AvgIpc) is 2.78. The van der Waals surface area contributed by atoms with Gasteiger partial charge in [-0.05, 0) is 18.2 Å². The Morgan fingerprint density at radius 1 is 1.33 bits per heavy atom. The fourth-order valence-corrected chi connectivity index (χ4v) is 2.05. The first-order valence-corrected chi connectivity index (χ1v) is 6.20. The van der Waals surface area contributed by atoms with Gasteiger partial charge in [0.1, 0.15) is 5.82 Å². The lowest BCUT2D eigenvalue weighted by atomic mass is 10.1. The van der Waals surface area contributed by atoms with Crippen molar-refractivity contribution in [1.29, 1.82) is 0 Å². The molecule has 4 nitrogen and oxygen atoms in total. The number of H-pyrrole nitrogens is 1. The first kappa shape index (κ1) is 13.2. The molecule has 2 aromatic rings. The van der Waals surface area contributed by atoms with Crippen molar-refractivity contribution >= 4 is 29.0 Å². The molecular weight excluding hydrogens is 273 g/mol. The van der Waals surface area contributed by atoms with Crippen molar-refractivity contribution in [3.63, 3.8) is 0 Å². The van der Waals surface area contributed by atoms with E-state index in [2.05, 4.69) is 15.5 Å². The minimum atomic E-state index is 0.592. The summed E-state index contributed by atoms with van der Waals surface area (Å²) in [5.41, 5.74) is 1.71. The summed E-state index contributed by atoms with van der Waals surface area (Å²) >= 11 is 12.0. The summed E-state index contributed by atoms with van der Waals surface area (Å²) in [4.78, 5) is 0. The maximum absolute atomic E-state index is 6.13. The molecule has 1 aromatic heterocycles. The van der Waals surface area contributed by atoms with Gasteiger partial charge >= 0.3 is 0 Å². The van der Waals surface area contributed by atoms with E-state index in [-0.39, 0.29) is 0 Å². The molecule has 0 amide bonds. The zero-order chi connectivity index (χ0) is 13.0. The lowest BCUT2D eigenvalue weighted by molar-refractivity contribution is 0.210. The molecule has 0 fully saturated rings. The fourth-order valence-electron chi connectivity index (χ4n) is 1.54. The monoisotopic (exact) mass is 285 g/mol. The van der Waals surface area contributed by atoms with E-state index in [9.17, 15) is 0 Å². The van der Waals surface area contributed by atoms with Crippen LogP contribution in [0.1, 0.15) is 0 Å². The summed E-state index contributed by atoms with van der Waals surface area (Å²) in [6, 6.07) is 7.25. The molecule has 0 aliphatic heterocycles. The zero-order valence-corrected chi connectivity index (χ0v) is 11.3. The molecule has 0 saturated carbocycles. The summed E-state index contributed by atoms with van der Waals surface area (Å²) in [5, 5.41) is 11.4. The van der Waals surface area contributed by atoms with Crippen LogP contribution >= 0.6 is 23.2 Å². The van der Waals surface area contributed by atoms with Crippen molar-refractivity contribution in [2.24, 2.45) is 0 Å².